The van der Waals surface area contributed by atoms with Crippen molar-refractivity contribution in [3.05, 3.63) is 47.5 Å². The van der Waals surface area contributed by atoms with Crippen LogP contribution >= 0.6 is 0 Å². The molecule has 0 spiro atoms. The van der Waals surface area contributed by atoms with Crippen LogP contribution in [0.3, 0.4) is 0 Å². The van der Waals surface area contributed by atoms with Crippen LogP contribution in [0.25, 0.3) is 0 Å². The highest BCUT2D eigenvalue weighted by Gasteiger charge is 2.14. The van der Waals surface area contributed by atoms with Crippen LogP contribution in [0.2, 0.25) is 0 Å². The van der Waals surface area contributed by atoms with Crippen molar-refractivity contribution >= 4 is 5.96 Å². The van der Waals surface area contributed by atoms with E-state index in [1.165, 1.54) is 12.1 Å². The molecule has 32 heavy (non-hydrogen) atoms. The summed E-state index contributed by atoms with van der Waals surface area (Å²) in [4.78, 5) is 7.05. The maximum Gasteiger partial charge on any atom is 0.191 e. The highest BCUT2D eigenvalue weighted by Crippen LogP contribution is 2.17. The highest BCUT2D eigenvalue weighted by atomic mass is 19.1. The van der Waals surface area contributed by atoms with Gasteiger partial charge in [0.2, 0.25) is 0 Å². The Morgan fingerprint density at radius 1 is 1.25 bits per heavy atom. The number of guanidine groups is 1. The first-order valence-electron chi connectivity index (χ1n) is 11.2. The molecule has 2 heterocycles. The fraction of sp³-hybridized carbons (Fsp3) is 0.591. The molecule has 1 aliphatic heterocycles. The van der Waals surface area contributed by atoms with Crippen LogP contribution in [0, 0.1) is 11.6 Å². The smallest absolute Gasteiger partial charge is 0.191 e. The molecule has 8 nitrogen and oxygen atoms in total. The SMILES string of the molecule is CCc1nncn1CCNC(=NCCCN1CCOCC1)NC(C)c1ccc(F)cc1F. The van der Waals surface area contributed by atoms with Crippen LogP contribution in [-0.2, 0) is 17.7 Å². The molecule has 1 aliphatic rings. The van der Waals surface area contributed by atoms with Gasteiger partial charge in [0.25, 0.3) is 0 Å². The third kappa shape index (κ3) is 7.23. The number of nitrogens with zero attached hydrogens (tertiary/aromatic N) is 5. The van der Waals surface area contributed by atoms with E-state index in [0.29, 0.717) is 31.2 Å². The monoisotopic (exact) mass is 449 g/mol. The maximum absolute atomic E-state index is 14.2. The van der Waals surface area contributed by atoms with Gasteiger partial charge >= 0.3 is 0 Å². The fourth-order valence-electron chi connectivity index (χ4n) is 3.63. The molecule has 0 amide bonds. The Hall–Kier alpha value is -2.59. The van der Waals surface area contributed by atoms with E-state index in [1.807, 2.05) is 18.4 Å². The number of nitrogens with one attached hydrogen (secondary N) is 2. The third-order valence-corrected chi connectivity index (χ3v) is 5.45. The Morgan fingerprint density at radius 2 is 2.06 bits per heavy atom. The van der Waals surface area contributed by atoms with E-state index in [4.69, 9.17) is 4.74 Å². The normalized spacial score (nSPS) is 16.2. The molecule has 0 aliphatic carbocycles. The lowest BCUT2D eigenvalue weighted by Gasteiger charge is -2.26. The van der Waals surface area contributed by atoms with Crippen molar-refractivity contribution in [1.82, 2.24) is 30.3 Å². The molecule has 0 radical (unpaired) electrons. The molecule has 0 saturated carbocycles. The Morgan fingerprint density at radius 3 is 2.81 bits per heavy atom. The number of benzene rings is 1. The maximum atomic E-state index is 14.2. The summed E-state index contributed by atoms with van der Waals surface area (Å²) in [7, 11) is 0. The summed E-state index contributed by atoms with van der Waals surface area (Å²) in [6.45, 7) is 10.2. The number of aryl methyl sites for hydroxylation is 1. The zero-order valence-electron chi connectivity index (χ0n) is 18.9. The second kappa shape index (κ2) is 12.4. The number of ether oxygens (including phenoxy) is 1. The molecule has 1 aromatic heterocycles. The van der Waals surface area contributed by atoms with E-state index in [2.05, 4.69) is 30.7 Å². The summed E-state index contributed by atoms with van der Waals surface area (Å²) in [5.41, 5.74) is 0.390. The van der Waals surface area contributed by atoms with Gasteiger partial charge in [-0.1, -0.05) is 13.0 Å². The van der Waals surface area contributed by atoms with E-state index in [9.17, 15) is 8.78 Å². The van der Waals surface area contributed by atoms with Crippen molar-refractivity contribution in [3.63, 3.8) is 0 Å². The number of aromatic nitrogens is 3. The first-order chi connectivity index (χ1) is 15.6. The quantitative estimate of drug-likeness (QED) is 0.329. The van der Waals surface area contributed by atoms with Crippen LogP contribution < -0.4 is 10.6 Å². The Labute approximate surface area is 188 Å². The topological polar surface area (TPSA) is 79.6 Å². The van der Waals surface area contributed by atoms with E-state index >= 15 is 0 Å². The summed E-state index contributed by atoms with van der Waals surface area (Å²) in [5, 5.41) is 14.6. The fourth-order valence-corrected chi connectivity index (χ4v) is 3.63. The molecular formula is C22H33F2N7O. The molecule has 1 aromatic carbocycles. The van der Waals surface area contributed by atoms with E-state index in [0.717, 1.165) is 57.6 Å². The van der Waals surface area contributed by atoms with Gasteiger partial charge in [-0.15, -0.1) is 10.2 Å². The summed E-state index contributed by atoms with van der Waals surface area (Å²) in [5.74, 6) is 0.350. The number of aliphatic imine (C=N–C) groups is 1. The number of hydrogen-bond donors (Lipinski definition) is 2. The predicted octanol–water partition coefficient (Wildman–Crippen LogP) is 2.14. The van der Waals surface area contributed by atoms with Gasteiger partial charge < -0.3 is 19.9 Å². The number of rotatable bonds is 10. The summed E-state index contributed by atoms with van der Waals surface area (Å²) >= 11 is 0. The Kier molecular flexibility index (Phi) is 9.36. The molecule has 1 fully saturated rings. The Balaban J connectivity index is 1.58. The molecule has 2 aromatic rings. The van der Waals surface area contributed by atoms with Crippen LogP contribution in [-0.4, -0.2) is 71.6 Å². The van der Waals surface area contributed by atoms with Crippen LogP contribution in [0.15, 0.2) is 29.5 Å². The van der Waals surface area contributed by atoms with Gasteiger partial charge in [0.1, 0.15) is 23.8 Å². The van der Waals surface area contributed by atoms with Gasteiger partial charge in [-0.05, 0) is 19.4 Å². The van der Waals surface area contributed by atoms with Gasteiger partial charge in [0.15, 0.2) is 5.96 Å². The average Bonchev–Trinajstić information content (AvgIpc) is 3.24. The molecule has 1 atom stereocenters. The van der Waals surface area contributed by atoms with Gasteiger partial charge in [0.05, 0.1) is 19.3 Å². The summed E-state index contributed by atoms with van der Waals surface area (Å²) in [6, 6.07) is 3.25. The van der Waals surface area contributed by atoms with Gasteiger partial charge in [-0.25, -0.2) is 8.78 Å². The standard InChI is InChI=1S/C22H33F2N7O/c1-3-21-29-27-16-31(21)10-8-26-22(25-7-4-9-30-11-13-32-14-12-30)28-17(2)19-6-5-18(23)15-20(19)24/h5-6,15-17H,3-4,7-14H2,1-2H3,(H2,25,26,28). The average molecular weight is 450 g/mol. The number of morpholine rings is 1. The van der Waals surface area contributed by atoms with Crippen molar-refractivity contribution < 1.29 is 13.5 Å². The molecule has 0 bridgehead atoms. The van der Waals surface area contributed by atoms with E-state index in [1.54, 1.807) is 6.33 Å². The molecule has 176 valence electrons. The lowest BCUT2D eigenvalue weighted by Crippen LogP contribution is -2.41. The summed E-state index contributed by atoms with van der Waals surface area (Å²) in [6.07, 6.45) is 3.43. The minimum atomic E-state index is -0.589. The lowest BCUT2D eigenvalue weighted by molar-refractivity contribution is 0.0377. The first kappa shape index (κ1) is 24.1. The van der Waals surface area contributed by atoms with Gasteiger partial charge in [-0.2, -0.15) is 0 Å². The zero-order chi connectivity index (χ0) is 22.8. The first-order valence-corrected chi connectivity index (χ1v) is 11.2. The zero-order valence-corrected chi connectivity index (χ0v) is 18.9. The third-order valence-electron chi connectivity index (χ3n) is 5.45. The molecule has 3 rings (SSSR count). The predicted molar refractivity (Wildman–Crippen MR) is 119 cm³/mol. The summed E-state index contributed by atoms with van der Waals surface area (Å²) < 4.78 is 34.9. The van der Waals surface area contributed by atoms with Crippen molar-refractivity contribution in [2.75, 3.05) is 45.9 Å². The number of hydrogen-bond acceptors (Lipinski definition) is 5. The molecule has 1 unspecified atom stereocenters. The Bertz CT molecular complexity index is 868. The molecule has 2 N–H and O–H groups in total. The second-order valence-corrected chi connectivity index (χ2v) is 7.79. The molecule has 10 heteroatoms. The largest absolute Gasteiger partial charge is 0.379 e. The minimum absolute atomic E-state index is 0.373. The van der Waals surface area contributed by atoms with E-state index in [-0.39, 0.29) is 6.04 Å². The van der Waals surface area contributed by atoms with Crippen LogP contribution in [0.1, 0.15) is 37.7 Å². The highest BCUT2D eigenvalue weighted by molar-refractivity contribution is 5.80. The molecule has 1 saturated heterocycles. The second-order valence-electron chi connectivity index (χ2n) is 7.79. The van der Waals surface area contributed by atoms with Crippen LogP contribution in [0.5, 0.6) is 0 Å². The molecular weight excluding hydrogens is 416 g/mol. The number of halogens is 2. The van der Waals surface area contributed by atoms with Gasteiger partial charge in [-0.3, -0.25) is 9.89 Å². The van der Waals surface area contributed by atoms with Crippen molar-refractivity contribution in [1.29, 1.82) is 0 Å². The van der Waals surface area contributed by atoms with Gasteiger partial charge in [0, 0.05) is 57.3 Å². The van der Waals surface area contributed by atoms with Crippen LogP contribution in [0.4, 0.5) is 8.78 Å². The van der Waals surface area contributed by atoms with E-state index < -0.39 is 11.6 Å². The lowest BCUT2D eigenvalue weighted by atomic mass is 10.1. The van der Waals surface area contributed by atoms with Crippen molar-refractivity contribution in [2.45, 2.75) is 39.3 Å². The van der Waals surface area contributed by atoms with Crippen molar-refractivity contribution in [3.8, 4) is 0 Å². The van der Waals surface area contributed by atoms with Crippen molar-refractivity contribution in [2.24, 2.45) is 4.99 Å². The minimum Gasteiger partial charge on any atom is -0.379 e.